The molecule has 0 aromatic rings. The SMILES string of the molecule is C[N+](C)(C)CC(O)CC(=O)[O-].O=C(CO)[C@@H](O)[C@H](O)[C@H](O)COP(=O)(O)O. The molecular formula is C13H28NO12P. The van der Waals surface area contributed by atoms with Crippen molar-refractivity contribution < 1.29 is 63.6 Å². The fourth-order valence-corrected chi connectivity index (χ4v) is 2.00. The van der Waals surface area contributed by atoms with E-state index in [-0.39, 0.29) is 6.42 Å². The van der Waals surface area contributed by atoms with Gasteiger partial charge in [-0.15, -0.1) is 0 Å². The van der Waals surface area contributed by atoms with Crippen LogP contribution >= 0.6 is 7.82 Å². The lowest BCUT2D eigenvalue weighted by atomic mass is 10.1. The summed E-state index contributed by atoms with van der Waals surface area (Å²) in [5, 5.41) is 54.7. The molecule has 0 bridgehead atoms. The molecule has 0 spiro atoms. The number of likely N-dealkylation sites (N-methyl/N-ethyl adjacent to an activating group) is 1. The van der Waals surface area contributed by atoms with Crippen LogP contribution in [0.1, 0.15) is 6.42 Å². The summed E-state index contributed by atoms with van der Waals surface area (Å²) in [4.78, 5) is 37.2. The minimum Gasteiger partial charge on any atom is -0.550 e. The van der Waals surface area contributed by atoms with Crippen molar-refractivity contribution in [3.05, 3.63) is 0 Å². The molecule has 13 nitrogen and oxygen atoms in total. The molecule has 0 heterocycles. The van der Waals surface area contributed by atoms with Gasteiger partial charge in [-0.2, -0.15) is 0 Å². The van der Waals surface area contributed by atoms with E-state index in [4.69, 9.17) is 35.3 Å². The number of carboxylic acid groups (broad SMARTS) is 1. The number of aliphatic carboxylic acids is 1. The number of hydrogen-bond donors (Lipinski definition) is 7. The zero-order valence-corrected chi connectivity index (χ0v) is 16.1. The van der Waals surface area contributed by atoms with E-state index < -0.39 is 57.2 Å². The smallest absolute Gasteiger partial charge is 0.469 e. The molecule has 0 rings (SSSR count). The van der Waals surface area contributed by atoms with Gasteiger partial charge in [0.1, 0.15) is 37.6 Å². The van der Waals surface area contributed by atoms with E-state index >= 15 is 0 Å². The molecule has 0 aromatic heterocycles. The largest absolute Gasteiger partial charge is 0.550 e. The second-order valence-corrected chi connectivity index (χ2v) is 7.86. The lowest BCUT2D eigenvalue weighted by molar-refractivity contribution is -0.873. The number of carbonyl (C=O) groups excluding carboxylic acids is 2. The van der Waals surface area contributed by atoms with Gasteiger partial charge in [-0.05, 0) is 0 Å². The number of nitrogens with zero attached hydrogens (tertiary/aromatic N) is 1. The van der Waals surface area contributed by atoms with E-state index in [0.717, 1.165) is 0 Å². The number of carboxylic acids is 1. The fourth-order valence-electron chi connectivity index (χ4n) is 1.66. The van der Waals surface area contributed by atoms with E-state index in [1.165, 1.54) is 0 Å². The zero-order valence-electron chi connectivity index (χ0n) is 15.2. The van der Waals surface area contributed by atoms with Crippen molar-refractivity contribution in [2.24, 2.45) is 0 Å². The first-order valence-electron chi connectivity index (χ1n) is 7.56. The molecule has 27 heavy (non-hydrogen) atoms. The Morgan fingerprint density at radius 2 is 1.59 bits per heavy atom. The topological polar surface area (TPSA) is 225 Å². The molecule has 0 amide bonds. The van der Waals surface area contributed by atoms with E-state index in [1.54, 1.807) is 0 Å². The molecule has 7 N–H and O–H groups in total. The van der Waals surface area contributed by atoms with Gasteiger partial charge >= 0.3 is 7.82 Å². The molecule has 0 aliphatic heterocycles. The summed E-state index contributed by atoms with van der Waals surface area (Å²) in [7, 11) is 0.855. The van der Waals surface area contributed by atoms with Gasteiger partial charge in [0.25, 0.3) is 0 Å². The minimum atomic E-state index is -4.81. The highest BCUT2D eigenvalue weighted by Gasteiger charge is 2.31. The first-order chi connectivity index (χ1) is 12.0. The molecule has 0 aromatic carbocycles. The first kappa shape index (κ1) is 28.2. The van der Waals surface area contributed by atoms with Gasteiger partial charge in [-0.25, -0.2) is 4.57 Å². The summed E-state index contributed by atoms with van der Waals surface area (Å²) in [6.07, 6.45) is -7.03. The van der Waals surface area contributed by atoms with Crippen LogP contribution < -0.4 is 5.11 Å². The van der Waals surface area contributed by atoms with Crippen molar-refractivity contribution in [1.29, 1.82) is 0 Å². The van der Waals surface area contributed by atoms with Crippen molar-refractivity contribution in [3.8, 4) is 0 Å². The van der Waals surface area contributed by atoms with Gasteiger partial charge in [0, 0.05) is 12.4 Å². The van der Waals surface area contributed by atoms with E-state index in [1.807, 2.05) is 21.1 Å². The standard InChI is InChI=1S/C7H15NO3.C6H13O9P/c1-8(2,3)5-6(9)4-7(10)11;7-1-3(8)5(10)6(11)4(9)2-15-16(12,13)14/h6,9H,4-5H2,1-3H3;4-7,9-11H,1-2H2,(H2,12,13,14)/t;4-,5-,6-/m.1/s1. The van der Waals surface area contributed by atoms with E-state index in [2.05, 4.69) is 4.52 Å². The number of aliphatic hydroxyl groups is 5. The number of Topliss-reactive ketones (excluding diaryl/α,β-unsaturated/α-hetero) is 1. The number of phosphoric acid groups is 1. The highest BCUT2D eigenvalue weighted by Crippen LogP contribution is 2.35. The molecule has 14 heteroatoms. The van der Waals surface area contributed by atoms with Crippen LogP contribution in [0, 0.1) is 0 Å². The molecule has 0 saturated heterocycles. The lowest BCUT2D eigenvalue weighted by Crippen LogP contribution is -2.45. The van der Waals surface area contributed by atoms with Gasteiger partial charge in [0.15, 0.2) is 5.78 Å². The number of ketones is 1. The Labute approximate surface area is 155 Å². The van der Waals surface area contributed by atoms with E-state index in [0.29, 0.717) is 11.0 Å². The Morgan fingerprint density at radius 1 is 1.11 bits per heavy atom. The maximum absolute atomic E-state index is 10.7. The molecule has 0 aliphatic carbocycles. The Hall–Kier alpha value is -0.990. The van der Waals surface area contributed by atoms with Crippen molar-refractivity contribution in [1.82, 2.24) is 0 Å². The molecule has 4 atom stereocenters. The van der Waals surface area contributed by atoms with Crippen LogP contribution in [0.15, 0.2) is 0 Å². The van der Waals surface area contributed by atoms with Crippen LogP contribution in [0.5, 0.6) is 0 Å². The van der Waals surface area contributed by atoms with Crippen LogP contribution in [-0.2, 0) is 18.7 Å². The molecule has 0 aliphatic rings. The molecule has 162 valence electrons. The number of aliphatic hydroxyl groups excluding tert-OH is 5. The van der Waals surface area contributed by atoms with Crippen LogP contribution in [0.3, 0.4) is 0 Å². The zero-order chi connectivity index (χ0) is 22.0. The maximum atomic E-state index is 10.7. The number of quaternary nitrogens is 1. The maximum Gasteiger partial charge on any atom is 0.469 e. The van der Waals surface area contributed by atoms with Crippen LogP contribution in [0.25, 0.3) is 0 Å². The summed E-state index contributed by atoms with van der Waals surface area (Å²) < 4.78 is 14.6. The predicted molar refractivity (Wildman–Crippen MR) is 86.6 cm³/mol. The van der Waals surface area contributed by atoms with Gasteiger partial charge < -0.3 is 49.7 Å². The quantitative estimate of drug-likeness (QED) is 0.123. The van der Waals surface area contributed by atoms with Crippen molar-refractivity contribution in [2.45, 2.75) is 30.8 Å². The van der Waals surface area contributed by atoms with Gasteiger partial charge in [-0.3, -0.25) is 9.32 Å². The van der Waals surface area contributed by atoms with Gasteiger partial charge in [0.05, 0.1) is 27.7 Å². The fraction of sp³-hybridized carbons (Fsp3) is 0.846. The van der Waals surface area contributed by atoms with Crippen molar-refractivity contribution in [3.63, 3.8) is 0 Å². The Kier molecular flexibility index (Phi) is 13.0. The lowest BCUT2D eigenvalue weighted by Gasteiger charge is -2.26. The van der Waals surface area contributed by atoms with Crippen molar-refractivity contribution in [2.75, 3.05) is 40.9 Å². The normalized spacial score (nSPS) is 16.5. The highest BCUT2D eigenvalue weighted by atomic mass is 31.2. The van der Waals surface area contributed by atoms with Gasteiger partial charge in [0.2, 0.25) is 0 Å². The Bertz CT molecular complexity index is 502. The predicted octanol–water partition coefficient (Wildman–Crippen LogP) is -5.07. The number of carbonyl (C=O) groups is 2. The highest BCUT2D eigenvalue weighted by molar-refractivity contribution is 7.46. The third-order valence-electron chi connectivity index (χ3n) is 2.78. The summed E-state index contributed by atoms with van der Waals surface area (Å²) in [5.41, 5.74) is 0. The van der Waals surface area contributed by atoms with Gasteiger partial charge in [-0.1, -0.05) is 0 Å². The van der Waals surface area contributed by atoms with Crippen LogP contribution in [0.4, 0.5) is 0 Å². The summed E-state index contributed by atoms with van der Waals surface area (Å²) >= 11 is 0. The second-order valence-electron chi connectivity index (χ2n) is 6.62. The molecule has 0 radical (unpaired) electrons. The van der Waals surface area contributed by atoms with Crippen LogP contribution in [-0.4, -0.2) is 117 Å². The number of phosphoric ester groups is 1. The molecule has 0 fully saturated rings. The minimum absolute atomic E-state index is 0.282. The first-order valence-corrected chi connectivity index (χ1v) is 9.09. The van der Waals surface area contributed by atoms with Crippen LogP contribution in [0.2, 0.25) is 0 Å². The number of hydrogen-bond acceptors (Lipinski definition) is 10. The van der Waals surface area contributed by atoms with Crippen molar-refractivity contribution >= 4 is 19.6 Å². The monoisotopic (exact) mass is 421 g/mol. The third-order valence-corrected chi connectivity index (χ3v) is 3.26. The molecule has 1 unspecified atom stereocenters. The third kappa shape index (κ3) is 16.9. The average Bonchev–Trinajstić information content (AvgIpc) is 2.47. The Balaban J connectivity index is 0. The Morgan fingerprint density at radius 3 is 1.93 bits per heavy atom. The number of rotatable bonds is 11. The second kappa shape index (κ2) is 12.5. The summed E-state index contributed by atoms with van der Waals surface area (Å²) in [6.45, 7) is -1.58. The van der Waals surface area contributed by atoms with E-state index in [9.17, 15) is 19.3 Å². The summed E-state index contributed by atoms with van der Waals surface area (Å²) in [6, 6.07) is 0. The average molecular weight is 421 g/mol. The molecule has 0 saturated carbocycles. The molecular weight excluding hydrogens is 393 g/mol. The summed E-state index contributed by atoms with van der Waals surface area (Å²) in [5.74, 6) is -2.34.